The number of nitro groups is 1. The Morgan fingerprint density at radius 3 is 2.38 bits per heavy atom. The maximum Gasteiger partial charge on any atom is 0.430 e. The fourth-order valence-corrected chi connectivity index (χ4v) is 0.973. The smallest absolute Gasteiger partial charge is 0.351 e. The Labute approximate surface area is 91.7 Å². The summed E-state index contributed by atoms with van der Waals surface area (Å²) in [5.74, 6) is 0. The molecule has 16 heavy (non-hydrogen) atoms. The monoisotopic (exact) mass is 225 g/mol. The maximum atomic E-state index is 11.1. The molecule has 0 fully saturated rings. The summed E-state index contributed by atoms with van der Waals surface area (Å²) in [6.07, 6.45) is -0.654. The van der Waals surface area contributed by atoms with Crippen LogP contribution in [0.5, 0.6) is 0 Å². The summed E-state index contributed by atoms with van der Waals surface area (Å²) in [4.78, 5) is 25.7. The van der Waals surface area contributed by atoms with Gasteiger partial charge in [-0.25, -0.2) is 4.79 Å². The van der Waals surface area contributed by atoms with Crippen LogP contribution >= 0.6 is 0 Å². The predicted octanol–water partition coefficient (Wildman–Crippen LogP) is 1.62. The zero-order valence-corrected chi connectivity index (χ0v) is 8.84. The summed E-state index contributed by atoms with van der Waals surface area (Å²) in [7, 11) is 3.13. The van der Waals surface area contributed by atoms with Crippen LogP contribution in [0.2, 0.25) is 0 Å². The fraction of sp³-hybridized carbons (Fsp3) is 0.222. The average molecular weight is 225 g/mol. The van der Waals surface area contributed by atoms with E-state index in [0.717, 1.165) is 0 Å². The zero-order valence-electron chi connectivity index (χ0n) is 8.84. The van der Waals surface area contributed by atoms with Crippen LogP contribution in [-0.2, 0) is 4.84 Å². The van der Waals surface area contributed by atoms with E-state index in [1.165, 1.54) is 29.3 Å². The minimum absolute atomic E-state index is 0.0356. The Hall–Kier alpha value is -2.15. The van der Waals surface area contributed by atoms with E-state index in [9.17, 15) is 14.9 Å². The molecular weight excluding hydrogens is 214 g/mol. The molecule has 0 bridgehead atoms. The second-order valence-electron chi connectivity index (χ2n) is 3.12. The van der Waals surface area contributed by atoms with Crippen molar-refractivity contribution < 1.29 is 14.6 Å². The second kappa shape index (κ2) is 5.08. The average Bonchev–Trinajstić information content (AvgIpc) is 2.16. The van der Waals surface area contributed by atoms with Crippen LogP contribution in [0.1, 0.15) is 0 Å². The molecule has 86 valence electrons. The van der Waals surface area contributed by atoms with E-state index in [1.807, 2.05) is 0 Å². The standard InChI is InChI=1S/C9H11N3O4/c1-11(2)16-9(13)10-7-3-5-8(6-4-7)12(14)15/h3-6H,1-2H3,(H,10,13). The van der Waals surface area contributed by atoms with Crippen LogP contribution < -0.4 is 5.32 Å². The van der Waals surface area contributed by atoms with E-state index in [1.54, 1.807) is 14.1 Å². The van der Waals surface area contributed by atoms with Gasteiger partial charge >= 0.3 is 6.09 Å². The van der Waals surface area contributed by atoms with Gasteiger partial charge in [0.25, 0.3) is 5.69 Å². The van der Waals surface area contributed by atoms with Crippen molar-refractivity contribution >= 4 is 17.5 Å². The molecule has 1 aromatic carbocycles. The number of carbonyl (C=O) groups is 1. The lowest BCUT2D eigenvalue weighted by Crippen LogP contribution is -2.22. The Morgan fingerprint density at radius 2 is 1.94 bits per heavy atom. The summed E-state index contributed by atoms with van der Waals surface area (Å²) in [5, 5.41) is 14.0. The van der Waals surface area contributed by atoms with Crippen molar-refractivity contribution in [2.75, 3.05) is 19.4 Å². The summed E-state index contributed by atoms with van der Waals surface area (Å²) in [6.45, 7) is 0. The van der Waals surface area contributed by atoms with E-state index in [2.05, 4.69) is 10.2 Å². The normalized spacial score (nSPS) is 9.94. The van der Waals surface area contributed by atoms with Crippen molar-refractivity contribution in [2.24, 2.45) is 0 Å². The number of hydroxylamine groups is 2. The molecule has 0 aliphatic heterocycles. The van der Waals surface area contributed by atoms with E-state index >= 15 is 0 Å². The summed E-state index contributed by atoms with van der Waals surface area (Å²) < 4.78 is 0. The van der Waals surface area contributed by atoms with Crippen LogP contribution in [0, 0.1) is 10.1 Å². The van der Waals surface area contributed by atoms with Crippen LogP contribution in [0.3, 0.4) is 0 Å². The van der Waals surface area contributed by atoms with Crippen LogP contribution in [0.15, 0.2) is 24.3 Å². The molecule has 0 radical (unpaired) electrons. The Bertz CT molecular complexity index is 388. The van der Waals surface area contributed by atoms with Gasteiger partial charge in [-0.3, -0.25) is 15.4 Å². The van der Waals surface area contributed by atoms with Gasteiger partial charge in [-0.15, -0.1) is 5.06 Å². The molecule has 7 nitrogen and oxygen atoms in total. The van der Waals surface area contributed by atoms with Crippen LogP contribution in [-0.4, -0.2) is 30.2 Å². The van der Waals surface area contributed by atoms with Gasteiger partial charge in [0.2, 0.25) is 0 Å². The number of benzene rings is 1. The molecule has 0 saturated heterocycles. The third-order valence-corrected chi connectivity index (χ3v) is 1.59. The van der Waals surface area contributed by atoms with E-state index in [-0.39, 0.29) is 5.69 Å². The minimum Gasteiger partial charge on any atom is -0.351 e. The molecule has 1 N–H and O–H groups in total. The molecule has 0 aliphatic carbocycles. The third kappa shape index (κ3) is 3.54. The highest BCUT2D eigenvalue weighted by Crippen LogP contribution is 2.15. The highest BCUT2D eigenvalue weighted by Gasteiger charge is 2.07. The number of carbonyl (C=O) groups excluding carboxylic acids is 1. The SMILES string of the molecule is CN(C)OC(=O)Nc1ccc([N+](=O)[O-])cc1. The van der Waals surface area contributed by atoms with Gasteiger partial charge in [-0.1, -0.05) is 0 Å². The van der Waals surface area contributed by atoms with Crippen molar-refractivity contribution in [1.82, 2.24) is 5.06 Å². The van der Waals surface area contributed by atoms with Gasteiger partial charge in [0, 0.05) is 31.9 Å². The summed E-state index contributed by atoms with van der Waals surface area (Å²) >= 11 is 0. The van der Waals surface area contributed by atoms with Crippen molar-refractivity contribution in [3.8, 4) is 0 Å². The number of nitrogens with zero attached hydrogens (tertiary/aromatic N) is 2. The highest BCUT2D eigenvalue weighted by molar-refractivity contribution is 5.84. The third-order valence-electron chi connectivity index (χ3n) is 1.59. The lowest BCUT2D eigenvalue weighted by atomic mass is 10.3. The van der Waals surface area contributed by atoms with Gasteiger partial charge in [0.1, 0.15) is 0 Å². The number of rotatable bonds is 3. The zero-order chi connectivity index (χ0) is 12.1. The van der Waals surface area contributed by atoms with Gasteiger partial charge in [0.05, 0.1) is 4.92 Å². The molecule has 0 aliphatic rings. The number of amides is 1. The lowest BCUT2D eigenvalue weighted by Gasteiger charge is -2.10. The lowest BCUT2D eigenvalue weighted by molar-refractivity contribution is -0.384. The van der Waals surface area contributed by atoms with Gasteiger partial charge < -0.3 is 4.84 Å². The maximum absolute atomic E-state index is 11.1. The Morgan fingerprint density at radius 1 is 1.38 bits per heavy atom. The molecule has 1 rings (SSSR count). The van der Waals surface area contributed by atoms with Crippen molar-refractivity contribution in [2.45, 2.75) is 0 Å². The van der Waals surface area contributed by atoms with E-state index < -0.39 is 11.0 Å². The topological polar surface area (TPSA) is 84.7 Å². The molecule has 1 aromatic rings. The Balaban J connectivity index is 2.62. The summed E-state index contributed by atoms with van der Waals surface area (Å²) in [6, 6.07) is 5.45. The molecule has 0 heterocycles. The van der Waals surface area contributed by atoms with Crippen LogP contribution in [0.4, 0.5) is 16.2 Å². The second-order valence-corrected chi connectivity index (χ2v) is 3.12. The molecular formula is C9H11N3O4. The number of nitro benzene ring substituents is 1. The fourth-order valence-electron chi connectivity index (χ4n) is 0.973. The molecule has 0 spiro atoms. The molecule has 0 unspecified atom stereocenters. The van der Waals surface area contributed by atoms with Gasteiger partial charge in [0.15, 0.2) is 0 Å². The van der Waals surface area contributed by atoms with Crippen molar-refractivity contribution in [3.05, 3.63) is 34.4 Å². The number of anilines is 1. The largest absolute Gasteiger partial charge is 0.430 e. The first-order chi connectivity index (χ1) is 7.49. The quantitative estimate of drug-likeness (QED) is 0.624. The Kier molecular flexibility index (Phi) is 3.78. The van der Waals surface area contributed by atoms with Gasteiger partial charge in [-0.05, 0) is 12.1 Å². The first-order valence-electron chi connectivity index (χ1n) is 4.40. The molecule has 0 saturated carbocycles. The number of non-ortho nitro benzene ring substituents is 1. The predicted molar refractivity (Wildman–Crippen MR) is 56.9 cm³/mol. The van der Waals surface area contributed by atoms with Crippen molar-refractivity contribution in [3.63, 3.8) is 0 Å². The number of nitrogens with one attached hydrogen (secondary N) is 1. The number of hydrogen-bond acceptors (Lipinski definition) is 5. The summed E-state index contributed by atoms with van der Waals surface area (Å²) in [5.41, 5.74) is 0.393. The molecule has 1 amide bonds. The van der Waals surface area contributed by atoms with Crippen molar-refractivity contribution in [1.29, 1.82) is 0 Å². The number of hydrogen-bond donors (Lipinski definition) is 1. The van der Waals surface area contributed by atoms with Crippen LogP contribution in [0.25, 0.3) is 0 Å². The van der Waals surface area contributed by atoms with Gasteiger partial charge in [-0.2, -0.15) is 0 Å². The highest BCUT2D eigenvalue weighted by atomic mass is 16.7. The molecule has 7 heteroatoms. The molecule has 0 aromatic heterocycles. The first-order valence-corrected chi connectivity index (χ1v) is 4.40. The molecule has 0 atom stereocenters. The minimum atomic E-state index is -0.654. The van der Waals surface area contributed by atoms with E-state index in [4.69, 9.17) is 0 Å². The van der Waals surface area contributed by atoms with E-state index in [0.29, 0.717) is 5.69 Å². The first kappa shape index (κ1) is 11.9.